The highest BCUT2D eigenvalue weighted by Gasteiger charge is 2.22. The fourth-order valence-electron chi connectivity index (χ4n) is 2.16. The lowest BCUT2D eigenvalue weighted by Gasteiger charge is -2.29. The molecule has 1 aromatic heterocycles. The number of hydrogen-bond acceptors (Lipinski definition) is 3. The Bertz CT molecular complexity index is 576. The van der Waals surface area contributed by atoms with Crippen molar-refractivity contribution in [3.05, 3.63) is 58.3 Å². The highest BCUT2D eigenvalue weighted by molar-refractivity contribution is 7.09. The monoisotopic (exact) mass is 318 g/mol. The first-order valence-corrected chi connectivity index (χ1v) is 8.13. The molecule has 1 heterocycles. The van der Waals surface area contributed by atoms with E-state index in [0.717, 1.165) is 10.4 Å². The SMILES string of the molecule is CC(C)(O)CN(Cc1ccccc1)C(=O)NCc1cccs1. The van der Waals surface area contributed by atoms with E-state index >= 15 is 0 Å². The second kappa shape index (κ2) is 7.42. The molecule has 0 aliphatic rings. The summed E-state index contributed by atoms with van der Waals surface area (Å²) in [6, 6.07) is 13.6. The molecule has 2 N–H and O–H groups in total. The fraction of sp³-hybridized carbons (Fsp3) is 0.353. The maximum atomic E-state index is 12.4. The minimum atomic E-state index is -0.935. The summed E-state index contributed by atoms with van der Waals surface area (Å²) in [4.78, 5) is 15.2. The Morgan fingerprint density at radius 2 is 1.95 bits per heavy atom. The molecule has 2 aromatic rings. The maximum absolute atomic E-state index is 12.4. The summed E-state index contributed by atoms with van der Waals surface area (Å²) in [7, 11) is 0. The predicted octanol–water partition coefficient (Wildman–Crippen LogP) is 3.23. The zero-order valence-electron chi connectivity index (χ0n) is 13.0. The molecule has 0 saturated heterocycles. The fourth-order valence-corrected chi connectivity index (χ4v) is 2.80. The number of urea groups is 1. The molecule has 5 heteroatoms. The number of hydrogen-bond donors (Lipinski definition) is 2. The third kappa shape index (κ3) is 5.50. The summed E-state index contributed by atoms with van der Waals surface area (Å²) >= 11 is 1.61. The summed E-state index contributed by atoms with van der Waals surface area (Å²) in [5.74, 6) is 0. The third-order valence-electron chi connectivity index (χ3n) is 3.08. The minimum absolute atomic E-state index is 0.167. The topological polar surface area (TPSA) is 52.6 Å². The van der Waals surface area contributed by atoms with Crippen molar-refractivity contribution in [1.29, 1.82) is 0 Å². The Morgan fingerprint density at radius 3 is 2.55 bits per heavy atom. The van der Waals surface area contributed by atoms with Crippen LogP contribution in [0.25, 0.3) is 0 Å². The van der Waals surface area contributed by atoms with Crippen LogP contribution in [0.15, 0.2) is 47.8 Å². The summed E-state index contributed by atoms with van der Waals surface area (Å²) in [6.07, 6.45) is 0. The van der Waals surface area contributed by atoms with Gasteiger partial charge in [0.1, 0.15) is 0 Å². The average Bonchev–Trinajstić information content (AvgIpc) is 2.97. The summed E-state index contributed by atoms with van der Waals surface area (Å²) in [5.41, 5.74) is 0.104. The number of nitrogens with one attached hydrogen (secondary N) is 1. The van der Waals surface area contributed by atoms with Crippen molar-refractivity contribution in [1.82, 2.24) is 10.2 Å². The molecule has 2 rings (SSSR count). The van der Waals surface area contributed by atoms with Crippen LogP contribution in [0.4, 0.5) is 4.79 Å². The van der Waals surface area contributed by atoms with E-state index in [-0.39, 0.29) is 12.6 Å². The van der Waals surface area contributed by atoms with Crippen LogP contribution in [0.2, 0.25) is 0 Å². The number of carbonyl (C=O) groups is 1. The lowest BCUT2D eigenvalue weighted by Crippen LogP contribution is -2.46. The van der Waals surface area contributed by atoms with Crippen molar-refractivity contribution in [2.75, 3.05) is 6.54 Å². The van der Waals surface area contributed by atoms with E-state index in [1.54, 1.807) is 30.1 Å². The molecule has 0 atom stereocenters. The van der Waals surface area contributed by atoms with E-state index in [0.29, 0.717) is 13.1 Å². The van der Waals surface area contributed by atoms with Gasteiger partial charge in [-0.15, -0.1) is 11.3 Å². The maximum Gasteiger partial charge on any atom is 0.318 e. The van der Waals surface area contributed by atoms with Crippen molar-refractivity contribution in [2.45, 2.75) is 32.5 Å². The van der Waals surface area contributed by atoms with E-state index in [4.69, 9.17) is 0 Å². The van der Waals surface area contributed by atoms with Crippen molar-refractivity contribution in [3.63, 3.8) is 0 Å². The Hall–Kier alpha value is -1.85. The van der Waals surface area contributed by atoms with E-state index in [1.165, 1.54) is 0 Å². The molecule has 0 spiro atoms. The molecule has 0 saturated carbocycles. The largest absolute Gasteiger partial charge is 0.389 e. The molecule has 0 radical (unpaired) electrons. The van der Waals surface area contributed by atoms with E-state index < -0.39 is 5.60 Å². The van der Waals surface area contributed by atoms with Gasteiger partial charge in [-0.3, -0.25) is 0 Å². The van der Waals surface area contributed by atoms with E-state index in [2.05, 4.69) is 5.32 Å². The average molecular weight is 318 g/mol. The van der Waals surface area contributed by atoms with Gasteiger partial charge >= 0.3 is 6.03 Å². The second-order valence-electron chi connectivity index (χ2n) is 5.89. The minimum Gasteiger partial charge on any atom is -0.389 e. The Morgan fingerprint density at radius 1 is 1.23 bits per heavy atom. The van der Waals surface area contributed by atoms with Gasteiger partial charge in [0.05, 0.1) is 18.7 Å². The molecule has 2 amide bonds. The van der Waals surface area contributed by atoms with Crippen LogP contribution < -0.4 is 5.32 Å². The first-order valence-electron chi connectivity index (χ1n) is 7.25. The quantitative estimate of drug-likeness (QED) is 0.859. The number of carbonyl (C=O) groups excluding carboxylic acids is 1. The van der Waals surface area contributed by atoms with Gasteiger partial charge in [-0.1, -0.05) is 36.4 Å². The zero-order chi connectivity index (χ0) is 16.0. The van der Waals surface area contributed by atoms with Gasteiger partial charge in [-0.05, 0) is 30.9 Å². The molecule has 0 aliphatic heterocycles. The van der Waals surface area contributed by atoms with Crippen molar-refractivity contribution < 1.29 is 9.90 Å². The summed E-state index contributed by atoms with van der Waals surface area (Å²) < 4.78 is 0. The van der Waals surface area contributed by atoms with Crippen LogP contribution in [-0.4, -0.2) is 28.2 Å². The van der Waals surface area contributed by atoms with Crippen molar-refractivity contribution in [3.8, 4) is 0 Å². The zero-order valence-corrected chi connectivity index (χ0v) is 13.8. The molecular formula is C17H22N2O2S. The van der Waals surface area contributed by atoms with Crippen molar-refractivity contribution in [2.24, 2.45) is 0 Å². The van der Waals surface area contributed by atoms with Crippen LogP contribution in [0.3, 0.4) is 0 Å². The summed E-state index contributed by atoms with van der Waals surface area (Å²) in [5, 5.41) is 14.9. The number of aliphatic hydroxyl groups is 1. The Kier molecular flexibility index (Phi) is 5.57. The van der Waals surface area contributed by atoms with Gasteiger partial charge in [-0.2, -0.15) is 0 Å². The van der Waals surface area contributed by atoms with Crippen molar-refractivity contribution >= 4 is 17.4 Å². The van der Waals surface area contributed by atoms with Crippen LogP contribution in [0.5, 0.6) is 0 Å². The predicted molar refractivity (Wildman–Crippen MR) is 89.7 cm³/mol. The first kappa shape index (κ1) is 16.5. The molecule has 1 aromatic carbocycles. The van der Waals surface area contributed by atoms with Gasteiger partial charge < -0.3 is 15.3 Å². The second-order valence-corrected chi connectivity index (χ2v) is 6.92. The van der Waals surface area contributed by atoms with Gasteiger partial charge in [0.2, 0.25) is 0 Å². The number of rotatable bonds is 6. The molecule has 0 unspecified atom stereocenters. The van der Waals surface area contributed by atoms with Crippen LogP contribution >= 0.6 is 11.3 Å². The molecule has 0 fully saturated rings. The Balaban J connectivity index is 2.01. The highest BCUT2D eigenvalue weighted by atomic mass is 32.1. The lowest BCUT2D eigenvalue weighted by molar-refractivity contribution is 0.0446. The molecule has 22 heavy (non-hydrogen) atoms. The molecule has 0 aliphatic carbocycles. The lowest BCUT2D eigenvalue weighted by atomic mass is 10.1. The summed E-state index contributed by atoms with van der Waals surface area (Å²) in [6.45, 7) is 4.67. The molecular weight excluding hydrogens is 296 g/mol. The van der Waals surface area contributed by atoms with Gasteiger partial charge in [-0.25, -0.2) is 4.79 Å². The van der Waals surface area contributed by atoms with Gasteiger partial charge in [0.15, 0.2) is 0 Å². The van der Waals surface area contributed by atoms with E-state index in [9.17, 15) is 9.90 Å². The van der Waals surface area contributed by atoms with Gasteiger partial charge in [0, 0.05) is 11.4 Å². The third-order valence-corrected chi connectivity index (χ3v) is 3.95. The number of benzene rings is 1. The first-order chi connectivity index (χ1) is 10.4. The van der Waals surface area contributed by atoms with Crippen LogP contribution in [-0.2, 0) is 13.1 Å². The van der Waals surface area contributed by atoms with Crippen LogP contribution in [0.1, 0.15) is 24.3 Å². The highest BCUT2D eigenvalue weighted by Crippen LogP contribution is 2.12. The number of nitrogens with zero attached hydrogens (tertiary/aromatic N) is 1. The molecule has 4 nitrogen and oxygen atoms in total. The van der Waals surface area contributed by atoms with E-state index in [1.807, 2.05) is 47.8 Å². The number of amides is 2. The molecule has 118 valence electrons. The smallest absolute Gasteiger partial charge is 0.318 e. The Labute approximate surface area is 135 Å². The standard InChI is InChI=1S/C17H22N2O2S/c1-17(2,21)13-19(12-14-7-4-3-5-8-14)16(20)18-11-15-9-6-10-22-15/h3-10,21H,11-13H2,1-2H3,(H,18,20). The normalized spacial score (nSPS) is 11.2. The van der Waals surface area contributed by atoms with Gasteiger partial charge in [0.25, 0.3) is 0 Å². The molecule has 0 bridgehead atoms. The number of thiophene rings is 1. The van der Waals surface area contributed by atoms with Crippen LogP contribution in [0, 0.1) is 0 Å².